The highest BCUT2D eigenvalue weighted by Crippen LogP contribution is 2.54. The Morgan fingerprint density at radius 1 is 0.909 bits per heavy atom. The van der Waals surface area contributed by atoms with Crippen molar-refractivity contribution in [3.8, 4) is 11.5 Å². The van der Waals surface area contributed by atoms with E-state index in [1.807, 2.05) is 0 Å². The van der Waals surface area contributed by atoms with E-state index in [-0.39, 0.29) is 24.2 Å². The SMILES string of the molecule is C/C=C\c1cc(C(OCc2ccccc2)(C(F)(F)F)C(F)(F)F)ccc1N1CC(C)N(C(=O)CN2C(=O)N[C@@](C)(c3ccc4c(c3)OCCO4)C2=O)CC1C. The van der Waals surface area contributed by atoms with E-state index in [4.69, 9.17) is 14.2 Å². The normalized spacial score (nSPS) is 22.0. The lowest BCUT2D eigenvalue weighted by atomic mass is 9.89. The molecule has 0 saturated carbocycles. The van der Waals surface area contributed by atoms with Crippen LogP contribution in [0.25, 0.3) is 6.08 Å². The Balaban J connectivity index is 1.22. The molecule has 3 aliphatic rings. The van der Waals surface area contributed by atoms with Crippen molar-refractivity contribution in [3.63, 3.8) is 0 Å². The number of anilines is 1. The minimum atomic E-state index is -5.88. The van der Waals surface area contributed by atoms with E-state index in [0.717, 1.165) is 17.0 Å². The average molecular weight is 775 g/mol. The predicted molar refractivity (Wildman–Crippen MR) is 189 cm³/mol. The number of nitrogens with one attached hydrogen (secondary N) is 1. The topological polar surface area (TPSA) is 101 Å². The van der Waals surface area contributed by atoms with E-state index in [2.05, 4.69) is 5.32 Å². The molecule has 55 heavy (non-hydrogen) atoms. The van der Waals surface area contributed by atoms with Crippen molar-refractivity contribution in [1.29, 1.82) is 0 Å². The fourth-order valence-electron chi connectivity index (χ4n) is 7.28. The minimum absolute atomic E-state index is 0.0787. The first kappa shape index (κ1) is 39.4. The third-order valence-electron chi connectivity index (χ3n) is 10.2. The third-order valence-corrected chi connectivity index (χ3v) is 10.2. The van der Waals surface area contributed by atoms with Crippen LogP contribution >= 0.6 is 0 Å². The van der Waals surface area contributed by atoms with Gasteiger partial charge in [0, 0.05) is 36.4 Å². The molecule has 6 rings (SSSR count). The second-order valence-corrected chi connectivity index (χ2v) is 13.9. The molecule has 2 unspecified atom stereocenters. The molecule has 2 saturated heterocycles. The monoisotopic (exact) mass is 774 g/mol. The molecular weight excluding hydrogens is 734 g/mol. The number of halogens is 6. The maximum atomic E-state index is 14.7. The molecule has 0 aliphatic carbocycles. The number of piperazine rings is 1. The van der Waals surface area contributed by atoms with Crippen LogP contribution in [0.5, 0.6) is 11.5 Å². The quantitative estimate of drug-likeness (QED) is 0.186. The number of urea groups is 1. The van der Waals surface area contributed by atoms with Crippen LogP contribution < -0.4 is 19.7 Å². The van der Waals surface area contributed by atoms with Crippen LogP contribution in [0.3, 0.4) is 0 Å². The molecule has 3 heterocycles. The van der Waals surface area contributed by atoms with E-state index in [9.17, 15) is 40.7 Å². The van der Waals surface area contributed by atoms with Gasteiger partial charge in [0.15, 0.2) is 11.5 Å². The van der Waals surface area contributed by atoms with Crippen LogP contribution in [0.1, 0.15) is 49.9 Å². The number of carbonyl (C=O) groups excluding carboxylic acids is 3. The first-order valence-electron chi connectivity index (χ1n) is 17.6. The highest BCUT2D eigenvalue weighted by molar-refractivity contribution is 6.09. The number of carbonyl (C=O) groups is 3. The highest BCUT2D eigenvalue weighted by Gasteiger charge is 2.73. The molecule has 3 aliphatic heterocycles. The number of hydrogen-bond acceptors (Lipinski definition) is 7. The maximum Gasteiger partial charge on any atom is 0.430 e. The summed E-state index contributed by atoms with van der Waals surface area (Å²) >= 11 is 0. The highest BCUT2D eigenvalue weighted by atomic mass is 19.4. The van der Waals surface area contributed by atoms with Crippen molar-refractivity contribution in [2.45, 2.75) is 69.9 Å². The summed E-state index contributed by atoms with van der Waals surface area (Å²) in [6, 6.07) is 13.2. The van der Waals surface area contributed by atoms with Crippen LogP contribution in [-0.4, -0.2) is 84.9 Å². The molecule has 3 atom stereocenters. The molecule has 4 amide bonds. The molecular formula is C39H40F6N4O6. The summed E-state index contributed by atoms with van der Waals surface area (Å²) < 4.78 is 104. The summed E-state index contributed by atoms with van der Waals surface area (Å²) in [5.41, 5.74) is -6.25. The molecule has 10 nitrogen and oxygen atoms in total. The Hall–Kier alpha value is -5.25. The van der Waals surface area contributed by atoms with Crippen LogP contribution in [0.15, 0.2) is 72.8 Å². The van der Waals surface area contributed by atoms with E-state index < -0.39 is 72.1 Å². The number of benzene rings is 3. The molecule has 16 heteroatoms. The fraction of sp³-hybridized carbons (Fsp3) is 0.410. The van der Waals surface area contributed by atoms with Gasteiger partial charge in [-0.25, -0.2) is 4.79 Å². The number of fused-ring (bicyclic) bond motifs is 1. The summed E-state index contributed by atoms with van der Waals surface area (Å²) in [5.74, 6) is -0.235. The Kier molecular flexibility index (Phi) is 10.6. The zero-order chi connectivity index (χ0) is 39.9. The summed E-state index contributed by atoms with van der Waals surface area (Å²) in [6.45, 7) is 6.00. The van der Waals surface area contributed by atoms with E-state index in [1.54, 1.807) is 49.9 Å². The van der Waals surface area contributed by atoms with Gasteiger partial charge in [0.2, 0.25) is 5.91 Å². The predicted octanol–water partition coefficient (Wildman–Crippen LogP) is 6.92. The van der Waals surface area contributed by atoms with Gasteiger partial charge in [0.05, 0.1) is 6.61 Å². The number of amides is 4. The second-order valence-electron chi connectivity index (χ2n) is 13.9. The van der Waals surface area contributed by atoms with Gasteiger partial charge < -0.3 is 29.3 Å². The number of imide groups is 1. The first-order valence-corrected chi connectivity index (χ1v) is 17.6. The molecule has 2 fully saturated rings. The molecule has 0 spiro atoms. The Morgan fingerprint density at radius 3 is 2.24 bits per heavy atom. The summed E-state index contributed by atoms with van der Waals surface area (Å²) in [7, 11) is 0. The number of allylic oxidation sites excluding steroid dienone is 1. The van der Waals surface area contributed by atoms with Gasteiger partial charge >= 0.3 is 18.4 Å². The Bertz CT molecular complexity index is 1960. The van der Waals surface area contributed by atoms with Gasteiger partial charge in [-0.15, -0.1) is 0 Å². The number of rotatable bonds is 9. The van der Waals surface area contributed by atoms with Crippen molar-refractivity contribution < 1.29 is 54.9 Å². The molecule has 0 aromatic heterocycles. The number of nitrogens with zero attached hydrogens (tertiary/aromatic N) is 3. The molecule has 3 aromatic rings. The minimum Gasteiger partial charge on any atom is -0.486 e. The third kappa shape index (κ3) is 7.19. The van der Waals surface area contributed by atoms with Gasteiger partial charge in [-0.3, -0.25) is 14.5 Å². The lowest BCUT2D eigenvalue weighted by Crippen LogP contribution is -2.60. The summed E-state index contributed by atoms with van der Waals surface area (Å²) in [5, 5.41) is 2.68. The zero-order valence-corrected chi connectivity index (χ0v) is 30.5. The van der Waals surface area contributed by atoms with E-state index >= 15 is 0 Å². The van der Waals surface area contributed by atoms with Crippen LogP contribution in [-0.2, 0) is 32.1 Å². The largest absolute Gasteiger partial charge is 0.486 e. The van der Waals surface area contributed by atoms with E-state index in [1.165, 1.54) is 54.3 Å². The standard InChI is InChI=1S/C39H40F6N4O6/c1-5-9-27-18-29(37(38(40,41)42,39(43,44)45)55-23-26-10-7-6-8-11-26)12-14-30(27)47-20-25(3)48(21-24(47)2)33(50)22-49-34(51)36(4,46-35(49)52)28-13-15-31-32(19-28)54-17-16-53-31/h5-15,18-19,24-25H,16-17,20-23H2,1-4H3,(H,46,52)/b9-5-/t24?,25?,36-/m0/s1. The van der Waals surface area contributed by atoms with Crippen molar-refractivity contribution in [2.75, 3.05) is 37.7 Å². The van der Waals surface area contributed by atoms with Gasteiger partial charge in [0.1, 0.15) is 25.3 Å². The smallest absolute Gasteiger partial charge is 0.430 e. The van der Waals surface area contributed by atoms with Gasteiger partial charge in [0.25, 0.3) is 11.5 Å². The molecule has 294 valence electrons. The average Bonchev–Trinajstić information content (AvgIpc) is 3.35. The van der Waals surface area contributed by atoms with Gasteiger partial charge in [-0.05, 0) is 68.7 Å². The second kappa shape index (κ2) is 14.8. The summed E-state index contributed by atoms with van der Waals surface area (Å²) in [6.07, 6.45) is -8.84. The van der Waals surface area contributed by atoms with Crippen molar-refractivity contribution >= 4 is 29.6 Å². The van der Waals surface area contributed by atoms with Crippen LogP contribution in [0.4, 0.5) is 36.8 Å². The van der Waals surface area contributed by atoms with Gasteiger partial charge in [-0.2, -0.15) is 26.3 Å². The zero-order valence-electron chi connectivity index (χ0n) is 30.5. The van der Waals surface area contributed by atoms with E-state index in [0.29, 0.717) is 36.0 Å². The van der Waals surface area contributed by atoms with Crippen molar-refractivity contribution in [2.24, 2.45) is 0 Å². The Labute approximate surface area is 313 Å². The molecule has 1 N–H and O–H groups in total. The number of alkyl halides is 6. The maximum absolute atomic E-state index is 14.7. The number of hydrogen-bond donors (Lipinski definition) is 1. The van der Waals surface area contributed by atoms with Crippen LogP contribution in [0.2, 0.25) is 0 Å². The van der Waals surface area contributed by atoms with Gasteiger partial charge in [-0.1, -0.05) is 54.6 Å². The van der Waals surface area contributed by atoms with Crippen molar-refractivity contribution in [1.82, 2.24) is 15.1 Å². The molecule has 0 bridgehead atoms. The van der Waals surface area contributed by atoms with Crippen LogP contribution in [0, 0.1) is 0 Å². The van der Waals surface area contributed by atoms with Crippen molar-refractivity contribution in [3.05, 3.63) is 95.1 Å². The lowest BCUT2D eigenvalue weighted by molar-refractivity contribution is -0.392. The fourth-order valence-corrected chi connectivity index (χ4v) is 7.28. The lowest BCUT2D eigenvalue weighted by Gasteiger charge is -2.46. The Morgan fingerprint density at radius 2 is 1.58 bits per heavy atom. The number of ether oxygens (including phenoxy) is 3. The molecule has 3 aromatic carbocycles. The molecule has 0 radical (unpaired) electrons. The first-order chi connectivity index (χ1) is 25.9. The summed E-state index contributed by atoms with van der Waals surface area (Å²) in [4.78, 5) is 44.6.